The average Bonchev–Trinajstić information content (AvgIpc) is 2.84. The predicted octanol–water partition coefficient (Wildman–Crippen LogP) is 2.61. The van der Waals surface area contributed by atoms with Crippen LogP contribution in [-0.2, 0) is 25.6 Å². The Kier molecular flexibility index (Phi) is 5.34. The highest BCUT2D eigenvalue weighted by Gasteiger charge is 2.42. The van der Waals surface area contributed by atoms with E-state index in [1.807, 2.05) is 30.3 Å². The van der Waals surface area contributed by atoms with Crippen LogP contribution in [0, 0.1) is 5.92 Å². The van der Waals surface area contributed by atoms with Crippen molar-refractivity contribution in [1.82, 2.24) is 0 Å². The van der Waals surface area contributed by atoms with Crippen molar-refractivity contribution in [2.45, 2.75) is 38.4 Å². The molecule has 1 fully saturated rings. The van der Waals surface area contributed by atoms with E-state index in [1.54, 1.807) is 19.9 Å². The topological polar surface area (TPSA) is 65.0 Å². The highest BCUT2D eigenvalue weighted by Crippen LogP contribution is 2.30. The number of carbonyl (C=O) groups is 1. The van der Waals surface area contributed by atoms with Gasteiger partial charge in [0.2, 0.25) is 0 Å². The smallest absolute Gasteiger partial charge is 0.333 e. The molecular formula is C17H22O5. The van der Waals surface area contributed by atoms with Crippen LogP contribution < -0.4 is 0 Å². The number of hydrogen-bond acceptors (Lipinski definition) is 4. The average molecular weight is 306 g/mol. The summed E-state index contributed by atoms with van der Waals surface area (Å²) in [5, 5.41) is 9.47. The normalized spacial score (nSPS) is 22.9. The molecule has 0 aromatic heterocycles. The van der Waals surface area contributed by atoms with Gasteiger partial charge in [-0.3, -0.25) is 0 Å². The molecule has 1 N–H and O–H groups in total. The van der Waals surface area contributed by atoms with Gasteiger partial charge in [0.1, 0.15) is 0 Å². The van der Waals surface area contributed by atoms with E-state index in [4.69, 9.17) is 14.2 Å². The van der Waals surface area contributed by atoms with E-state index in [1.165, 1.54) is 0 Å². The lowest BCUT2D eigenvalue weighted by Crippen LogP contribution is -2.40. The van der Waals surface area contributed by atoms with Crippen LogP contribution in [0.3, 0.4) is 0 Å². The number of aliphatic carboxylic acids is 1. The molecule has 5 nitrogen and oxygen atoms in total. The van der Waals surface area contributed by atoms with E-state index in [-0.39, 0.29) is 12.7 Å². The lowest BCUT2D eigenvalue weighted by molar-refractivity contribution is -0.166. The highest BCUT2D eigenvalue weighted by atomic mass is 16.7. The molecule has 0 radical (unpaired) electrons. The highest BCUT2D eigenvalue weighted by molar-refractivity contribution is 5.73. The summed E-state index contributed by atoms with van der Waals surface area (Å²) in [7, 11) is 0. The minimum atomic E-state index is -1.03. The third-order valence-electron chi connectivity index (χ3n) is 3.60. The van der Waals surface area contributed by atoms with Gasteiger partial charge >= 0.3 is 5.97 Å². The number of carboxylic acid groups (broad SMARTS) is 1. The van der Waals surface area contributed by atoms with Crippen molar-refractivity contribution in [3.8, 4) is 0 Å². The predicted molar refractivity (Wildman–Crippen MR) is 81.2 cm³/mol. The molecule has 0 aliphatic carbocycles. The molecule has 1 heterocycles. The number of rotatable bonds is 7. The lowest BCUT2D eigenvalue weighted by Gasteiger charge is -2.26. The number of ether oxygens (including phenoxy) is 3. The Morgan fingerprint density at radius 3 is 2.68 bits per heavy atom. The van der Waals surface area contributed by atoms with E-state index in [0.717, 1.165) is 5.56 Å². The first-order valence-corrected chi connectivity index (χ1v) is 7.25. The van der Waals surface area contributed by atoms with Crippen LogP contribution in [-0.4, -0.2) is 35.7 Å². The first-order valence-electron chi connectivity index (χ1n) is 7.25. The van der Waals surface area contributed by atoms with Crippen molar-refractivity contribution in [3.63, 3.8) is 0 Å². The first-order chi connectivity index (χ1) is 10.4. The molecule has 1 aliphatic rings. The molecule has 1 aromatic rings. The fourth-order valence-corrected chi connectivity index (χ4v) is 2.48. The molecule has 1 aliphatic heterocycles. The molecule has 0 bridgehead atoms. The summed E-state index contributed by atoms with van der Waals surface area (Å²) >= 11 is 0. The molecule has 5 heteroatoms. The van der Waals surface area contributed by atoms with E-state index < -0.39 is 23.8 Å². The van der Waals surface area contributed by atoms with E-state index in [2.05, 4.69) is 6.58 Å². The van der Waals surface area contributed by atoms with Crippen LogP contribution in [0.4, 0.5) is 0 Å². The summed E-state index contributed by atoms with van der Waals surface area (Å²) < 4.78 is 16.9. The second-order valence-corrected chi connectivity index (χ2v) is 5.74. The molecule has 120 valence electrons. The van der Waals surface area contributed by atoms with Crippen molar-refractivity contribution in [1.29, 1.82) is 0 Å². The second kappa shape index (κ2) is 7.05. The van der Waals surface area contributed by atoms with Gasteiger partial charge in [0.15, 0.2) is 11.9 Å². The SMILES string of the molecule is C=CC(C1COC(C)(C)O1)C(OCc1ccccc1)C(=O)O. The molecular weight excluding hydrogens is 284 g/mol. The van der Waals surface area contributed by atoms with E-state index >= 15 is 0 Å². The van der Waals surface area contributed by atoms with Gasteiger partial charge < -0.3 is 19.3 Å². The molecule has 0 amide bonds. The minimum absolute atomic E-state index is 0.221. The van der Waals surface area contributed by atoms with Crippen LogP contribution >= 0.6 is 0 Å². The molecule has 3 atom stereocenters. The Hall–Kier alpha value is -1.69. The summed E-state index contributed by atoms with van der Waals surface area (Å²) in [4.78, 5) is 11.6. The van der Waals surface area contributed by atoms with Gasteiger partial charge in [-0.15, -0.1) is 6.58 Å². The maximum absolute atomic E-state index is 11.6. The van der Waals surface area contributed by atoms with Gasteiger partial charge in [-0.05, 0) is 19.4 Å². The van der Waals surface area contributed by atoms with Crippen LogP contribution in [0.2, 0.25) is 0 Å². The Morgan fingerprint density at radius 2 is 2.18 bits per heavy atom. The van der Waals surface area contributed by atoms with Crippen molar-refractivity contribution in [2.24, 2.45) is 5.92 Å². The quantitative estimate of drug-likeness (QED) is 0.784. The van der Waals surface area contributed by atoms with Crippen molar-refractivity contribution in [2.75, 3.05) is 6.61 Å². The third kappa shape index (κ3) is 4.16. The van der Waals surface area contributed by atoms with Crippen LogP contribution in [0.1, 0.15) is 19.4 Å². The van der Waals surface area contributed by atoms with Gasteiger partial charge in [0.25, 0.3) is 0 Å². The monoisotopic (exact) mass is 306 g/mol. The molecule has 1 saturated heterocycles. The Balaban J connectivity index is 2.05. The molecule has 2 rings (SSSR count). The first kappa shape index (κ1) is 16.7. The maximum Gasteiger partial charge on any atom is 0.333 e. The van der Waals surface area contributed by atoms with Crippen molar-refractivity contribution >= 4 is 5.97 Å². The molecule has 22 heavy (non-hydrogen) atoms. The molecule has 3 unspecified atom stereocenters. The fraction of sp³-hybridized carbons (Fsp3) is 0.471. The van der Waals surface area contributed by atoms with Crippen LogP contribution in [0.15, 0.2) is 43.0 Å². The van der Waals surface area contributed by atoms with Crippen LogP contribution in [0.5, 0.6) is 0 Å². The fourth-order valence-electron chi connectivity index (χ4n) is 2.48. The second-order valence-electron chi connectivity index (χ2n) is 5.74. The minimum Gasteiger partial charge on any atom is -0.479 e. The summed E-state index contributed by atoms with van der Waals surface area (Å²) in [6.07, 6.45) is 0.156. The van der Waals surface area contributed by atoms with Gasteiger partial charge in [-0.2, -0.15) is 0 Å². The summed E-state index contributed by atoms with van der Waals surface area (Å²) in [6.45, 7) is 7.87. The zero-order valence-electron chi connectivity index (χ0n) is 12.9. The third-order valence-corrected chi connectivity index (χ3v) is 3.60. The summed E-state index contributed by atoms with van der Waals surface area (Å²) in [5.74, 6) is -2.23. The lowest BCUT2D eigenvalue weighted by atomic mass is 9.96. The zero-order chi connectivity index (χ0) is 16.2. The van der Waals surface area contributed by atoms with Crippen molar-refractivity contribution in [3.05, 3.63) is 48.6 Å². The Labute approximate surface area is 130 Å². The van der Waals surface area contributed by atoms with Gasteiger partial charge in [0, 0.05) is 5.92 Å². The summed E-state index contributed by atoms with van der Waals surface area (Å²) in [5.41, 5.74) is 0.917. The molecule has 0 spiro atoms. The number of benzene rings is 1. The Bertz CT molecular complexity index is 511. The van der Waals surface area contributed by atoms with Gasteiger partial charge in [0.05, 0.1) is 19.3 Å². The van der Waals surface area contributed by atoms with E-state index in [0.29, 0.717) is 6.61 Å². The van der Waals surface area contributed by atoms with E-state index in [9.17, 15) is 9.90 Å². The van der Waals surface area contributed by atoms with Crippen LogP contribution in [0.25, 0.3) is 0 Å². The number of carboxylic acids is 1. The standard InChI is InChI=1S/C17H22O5/c1-4-13(14-11-21-17(2,3)22-14)15(16(18)19)20-10-12-8-6-5-7-9-12/h4-9,13-15H,1,10-11H2,2-3H3,(H,18,19). The maximum atomic E-state index is 11.6. The Morgan fingerprint density at radius 1 is 1.50 bits per heavy atom. The number of hydrogen-bond donors (Lipinski definition) is 1. The largest absolute Gasteiger partial charge is 0.479 e. The molecule has 0 saturated carbocycles. The zero-order valence-corrected chi connectivity index (χ0v) is 12.9. The summed E-state index contributed by atoms with van der Waals surface area (Å²) in [6, 6.07) is 9.45. The van der Waals surface area contributed by atoms with Gasteiger partial charge in [-0.1, -0.05) is 36.4 Å². The van der Waals surface area contributed by atoms with Gasteiger partial charge in [-0.25, -0.2) is 4.79 Å². The van der Waals surface area contributed by atoms with Crippen molar-refractivity contribution < 1.29 is 24.1 Å². The molecule has 1 aromatic carbocycles.